The van der Waals surface area contributed by atoms with Gasteiger partial charge in [0, 0.05) is 63.3 Å². The molecule has 1 spiro atoms. The molecule has 0 bridgehead atoms. The average molecular weight is 410 g/mol. The van der Waals surface area contributed by atoms with Crippen LogP contribution in [-0.2, 0) is 24.8 Å². The molecule has 0 unspecified atom stereocenters. The highest BCUT2D eigenvalue weighted by Gasteiger charge is 2.43. The monoisotopic (exact) mass is 410 g/mol. The summed E-state index contributed by atoms with van der Waals surface area (Å²) in [5.41, 5.74) is 2.76. The molecule has 0 saturated carbocycles. The van der Waals surface area contributed by atoms with Gasteiger partial charge in [-0.1, -0.05) is 0 Å². The first-order valence-corrected chi connectivity index (χ1v) is 10.6. The highest BCUT2D eigenvalue weighted by Crippen LogP contribution is 2.37. The van der Waals surface area contributed by atoms with Crippen LogP contribution in [0.1, 0.15) is 57.8 Å². The van der Waals surface area contributed by atoms with E-state index in [2.05, 4.69) is 15.1 Å². The van der Waals surface area contributed by atoms with Crippen molar-refractivity contribution >= 4 is 11.8 Å². The summed E-state index contributed by atoms with van der Waals surface area (Å²) in [6.45, 7) is 3.27. The Morgan fingerprint density at radius 2 is 1.67 bits per heavy atom. The summed E-state index contributed by atoms with van der Waals surface area (Å²) in [6, 6.07) is 0. The highest BCUT2D eigenvalue weighted by atomic mass is 16.5. The summed E-state index contributed by atoms with van der Waals surface area (Å²) in [6.07, 6.45) is 8.88. The first-order chi connectivity index (χ1) is 14.6. The van der Waals surface area contributed by atoms with Gasteiger partial charge in [0.2, 0.25) is 0 Å². The molecule has 3 aliphatic heterocycles. The van der Waals surface area contributed by atoms with Crippen molar-refractivity contribution in [1.29, 1.82) is 0 Å². The summed E-state index contributed by atoms with van der Waals surface area (Å²) in [5.74, 6) is -0.0182. The summed E-state index contributed by atoms with van der Waals surface area (Å²) in [5, 5.41) is 4.56. The zero-order valence-electron chi connectivity index (χ0n) is 17.2. The van der Waals surface area contributed by atoms with Crippen molar-refractivity contribution in [2.45, 2.75) is 44.3 Å². The summed E-state index contributed by atoms with van der Waals surface area (Å²) < 4.78 is 8.20. The number of ether oxygens (including phenoxy) is 1. The second-order valence-corrected chi connectivity index (χ2v) is 8.46. The van der Waals surface area contributed by atoms with E-state index in [0.29, 0.717) is 31.0 Å². The fourth-order valence-corrected chi connectivity index (χ4v) is 4.83. The number of fused-ring (bicyclic) bond motifs is 1. The molecule has 30 heavy (non-hydrogen) atoms. The van der Waals surface area contributed by atoms with Crippen molar-refractivity contribution in [3.63, 3.8) is 0 Å². The number of aromatic nitrogens is 4. The second kappa shape index (κ2) is 7.46. The minimum Gasteiger partial charge on any atom is -0.370 e. The van der Waals surface area contributed by atoms with Crippen LogP contribution in [0.25, 0.3) is 0 Å². The van der Waals surface area contributed by atoms with Gasteiger partial charge in [0.25, 0.3) is 11.8 Å². The number of aryl methyl sites for hydroxylation is 1. The quantitative estimate of drug-likeness (QED) is 0.738. The molecule has 9 heteroatoms. The molecule has 3 aliphatic rings. The molecular formula is C21H26N6O3. The van der Waals surface area contributed by atoms with Gasteiger partial charge >= 0.3 is 0 Å². The van der Waals surface area contributed by atoms with E-state index in [0.717, 1.165) is 56.5 Å². The maximum atomic E-state index is 12.9. The third-order valence-corrected chi connectivity index (χ3v) is 6.65. The molecule has 0 N–H and O–H groups in total. The molecule has 9 nitrogen and oxygen atoms in total. The predicted octanol–water partition coefficient (Wildman–Crippen LogP) is 1.19. The van der Waals surface area contributed by atoms with Crippen LogP contribution in [0.5, 0.6) is 0 Å². The van der Waals surface area contributed by atoms with E-state index in [-0.39, 0.29) is 17.4 Å². The molecular weight excluding hydrogens is 384 g/mol. The van der Waals surface area contributed by atoms with Gasteiger partial charge in [0.05, 0.1) is 17.8 Å². The Balaban J connectivity index is 1.29. The van der Waals surface area contributed by atoms with Crippen molar-refractivity contribution in [3.8, 4) is 0 Å². The lowest BCUT2D eigenvalue weighted by atomic mass is 9.83. The number of carbonyl (C=O) groups excluding carboxylic acids is 2. The lowest BCUT2D eigenvalue weighted by Crippen LogP contribution is -2.50. The van der Waals surface area contributed by atoms with Crippen molar-refractivity contribution in [1.82, 2.24) is 29.5 Å². The Morgan fingerprint density at radius 1 is 1.00 bits per heavy atom. The second-order valence-electron chi connectivity index (χ2n) is 8.46. The topological polar surface area (TPSA) is 93.5 Å². The minimum absolute atomic E-state index is 0.0226. The molecule has 2 aromatic heterocycles. The van der Waals surface area contributed by atoms with Gasteiger partial charge in [0.15, 0.2) is 5.69 Å². The number of nitrogens with zero attached hydrogens (tertiary/aromatic N) is 6. The van der Waals surface area contributed by atoms with Gasteiger partial charge in [-0.05, 0) is 25.7 Å². The number of piperidine rings is 1. The van der Waals surface area contributed by atoms with E-state index >= 15 is 0 Å². The van der Waals surface area contributed by atoms with Gasteiger partial charge in [-0.2, -0.15) is 5.10 Å². The zero-order chi connectivity index (χ0) is 20.7. The van der Waals surface area contributed by atoms with Crippen LogP contribution < -0.4 is 0 Å². The van der Waals surface area contributed by atoms with Crippen LogP contribution >= 0.6 is 0 Å². The number of hydrogen-bond acceptors (Lipinski definition) is 6. The first-order valence-electron chi connectivity index (χ1n) is 10.6. The van der Waals surface area contributed by atoms with Crippen LogP contribution in [0.3, 0.4) is 0 Å². The molecule has 5 rings (SSSR count). The predicted molar refractivity (Wildman–Crippen MR) is 107 cm³/mol. The molecule has 0 aromatic carbocycles. The number of hydrogen-bond donors (Lipinski definition) is 0. The standard InChI is InChI=1S/C21H26N6O3/c1-25-17-10-21(4-8-27(9-5-21)19(28)15-11-22-14-23-12-15)30-13-16(17)18(24-25)20(29)26-6-2-3-7-26/h11-12,14H,2-10,13H2,1H3. The van der Waals surface area contributed by atoms with Gasteiger partial charge in [0.1, 0.15) is 6.33 Å². The van der Waals surface area contributed by atoms with E-state index in [9.17, 15) is 9.59 Å². The van der Waals surface area contributed by atoms with E-state index < -0.39 is 0 Å². The van der Waals surface area contributed by atoms with Crippen LogP contribution in [0.4, 0.5) is 0 Å². The van der Waals surface area contributed by atoms with Crippen molar-refractivity contribution in [2.75, 3.05) is 26.2 Å². The lowest BCUT2D eigenvalue weighted by molar-refractivity contribution is -0.0990. The summed E-state index contributed by atoms with van der Waals surface area (Å²) in [7, 11) is 1.91. The molecule has 5 heterocycles. The molecule has 2 saturated heterocycles. The zero-order valence-corrected chi connectivity index (χ0v) is 17.2. The van der Waals surface area contributed by atoms with E-state index in [1.165, 1.54) is 6.33 Å². The number of carbonyl (C=O) groups is 2. The lowest BCUT2D eigenvalue weighted by Gasteiger charge is -2.43. The SMILES string of the molecule is Cn1nc(C(=O)N2CCCC2)c2c1CC1(CCN(C(=O)c3cncnc3)CC1)OC2. The van der Waals surface area contributed by atoms with E-state index in [1.807, 2.05) is 21.5 Å². The van der Waals surface area contributed by atoms with Crippen molar-refractivity contribution in [2.24, 2.45) is 7.05 Å². The van der Waals surface area contributed by atoms with Crippen LogP contribution in [0.2, 0.25) is 0 Å². The fourth-order valence-electron chi connectivity index (χ4n) is 4.83. The largest absolute Gasteiger partial charge is 0.370 e. The fraction of sp³-hybridized carbons (Fsp3) is 0.571. The average Bonchev–Trinajstić information content (AvgIpc) is 3.43. The number of likely N-dealkylation sites (tertiary alicyclic amines) is 2. The van der Waals surface area contributed by atoms with Crippen molar-refractivity contribution in [3.05, 3.63) is 41.2 Å². The maximum absolute atomic E-state index is 12.9. The Kier molecular flexibility index (Phi) is 4.77. The van der Waals surface area contributed by atoms with Gasteiger partial charge < -0.3 is 14.5 Å². The number of rotatable bonds is 2. The Morgan fingerprint density at radius 3 is 2.37 bits per heavy atom. The Bertz CT molecular complexity index is 959. The van der Waals surface area contributed by atoms with Crippen LogP contribution in [0, 0.1) is 0 Å². The summed E-state index contributed by atoms with van der Waals surface area (Å²) >= 11 is 0. The molecule has 158 valence electrons. The van der Waals surface area contributed by atoms with Gasteiger partial charge in [-0.3, -0.25) is 14.3 Å². The normalized spacial score (nSPS) is 20.4. The molecule has 0 aliphatic carbocycles. The Hall–Kier alpha value is -2.81. The van der Waals surface area contributed by atoms with Gasteiger partial charge in [-0.15, -0.1) is 0 Å². The highest BCUT2D eigenvalue weighted by molar-refractivity contribution is 5.94. The molecule has 0 atom stereocenters. The Labute approximate surface area is 175 Å². The number of amides is 2. The first kappa shape index (κ1) is 19.2. The molecule has 0 radical (unpaired) electrons. The minimum atomic E-state index is -0.307. The van der Waals surface area contributed by atoms with Crippen LogP contribution in [-0.4, -0.2) is 73.1 Å². The third-order valence-electron chi connectivity index (χ3n) is 6.65. The van der Waals surface area contributed by atoms with Gasteiger partial charge in [-0.25, -0.2) is 9.97 Å². The summed E-state index contributed by atoms with van der Waals surface area (Å²) in [4.78, 5) is 37.2. The van der Waals surface area contributed by atoms with E-state index in [4.69, 9.17) is 4.74 Å². The molecule has 2 aromatic rings. The third kappa shape index (κ3) is 3.27. The van der Waals surface area contributed by atoms with Crippen LogP contribution in [0.15, 0.2) is 18.7 Å². The smallest absolute Gasteiger partial charge is 0.274 e. The van der Waals surface area contributed by atoms with Crippen molar-refractivity contribution < 1.29 is 14.3 Å². The maximum Gasteiger partial charge on any atom is 0.274 e. The molecule has 2 fully saturated rings. The van der Waals surface area contributed by atoms with E-state index in [1.54, 1.807) is 12.4 Å². The molecule has 2 amide bonds.